The van der Waals surface area contributed by atoms with Crippen molar-refractivity contribution in [2.75, 3.05) is 0 Å². The molecule has 0 saturated carbocycles. The number of hydrogen-bond donors (Lipinski definition) is 1. The predicted octanol–water partition coefficient (Wildman–Crippen LogP) is 2.44. The molecule has 2 aliphatic carbocycles. The maximum atomic E-state index is 12.5. The number of carbonyl (C=O) groups excluding carboxylic acids is 1. The van der Waals surface area contributed by atoms with Crippen LogP contribution in [0.1, 0.15) is 46.2 Å². The minimum atomic E-state index is -0.527. The highest BCUT2D eigenvalue weighted by Crippen LogP contribution is 2.49. The summed E-state index contributed by atoms with van der Waals surface area (Å²) in [6.45, 7) is 2.01. The molecular weight excluding hydrogens is 240 g/mol. The highest BCUT2D eigenvalue weighted by Gasteiger charge is 2.50. The first kappa shape index (κ1) is 11.0. The van der Waals surface area contributed by atoms with Crippen molar-refractivity contribution < 1.29 is 14.3 Å². The average Bonchev–Trinajstić information content (AvgIpc) is 2.86. The van der Waals surface area contributed by atoms with Crippen LogP contribution >= 0.6 is 0 Å². The number of aryl methyl sites for hydroxylation is 1. The van der Waals surface area contributed by atoms with E-state index < -0.39 is 11.5 Å². The van der Waals surface area contributed by atoms with Crippen molar-refractivity contribution in [3.05, 3.63) is 58.5 Å². The van der Waals surface area contributed by atoms with E-state index >= 15 is 0 Å². The van der Waals surface area contributed by atoms with Crippen molar-refractivity contribution in [3.63, 3.8) is 0 Å². The molecule has 0 saturated heterocycles. The van der Waals surface area contributed by atoms with E-state index in [9.17, 15) is 9.90 Å². The van der Waals surface area contributed by atoms with E-state index in [4.69, 9.17) is 4.42 Å². The third-order valence-electron chi connectivity index (χ3n) is 4.68. The van der Waals surface area contributed by atoms with Crippen LogP contribution in [-0.4, -0.2) is 17.0 Å². The van der Waals surface area contributed by atoms with Gasteiger partial charge in [0, 0.05) is 16.5 Å². The van der Waals surface area contributed by atoms with Crippen LogP contribution in [-0.2, 0) is 11.8 Å². The Balaban J connectivity index is 2.13. The fraction of sp³-hybridized carbons (Fsp3) is 0.312. The standard InChI is InChI=1S/C16H14O3/c1-16-11-5-3-2-4-10(11)14(18)15-13(16)9(8-19-15)6-7-12(16)17/h2-5,8,12,17H,6-7H2,1H3/t12-,16+/m1/s1. The molecule has 0 radical (unpaired) electrons. The number of furan rings is 1. The topological polar surface area (TPSA) is 50.4 Å². The molecule has 0 fully saturated rings. The number of aliphatic hydroxyl groups is 1. The molecule has 1 aromatic heterocycles. The van der Waals surface area contributed by atoms with Gasteiger partial charge in [0.2, 0.25) is 5.78 Å². The first-order valence-corrected chi connectivity index (χ1v) is 6.57. The lowest BCUT2D eigenvalue weighted by atomic mass is 9.61. The Hall–Kier alpha value is -1.87. The minimum absolute atomic E-state index is 0.0663. The molecule has 0 amide bonds. The van der Waals surface area contributed by atoms with Crippen molar-refractivity contribution >= 4 is 5.78 Å². The lowest BCUT2D eigenvalue weighted by molar-refractivity contribution is 0.0857. The average molecular weight is 254 g/mol. The van der Waals surface area contributed by atoms with Gasteiger partial charge in [-0.05, 0) is 30.9 Å². The van der Waals surface area contributed by atoms with Crippen molar-refractivity contribution in [2.24, 2.45) is 0 Å². The van der Waals surface area contributed by atoms with Gasteiger partial charge in [-0.25, -0.2) is 0 Å². The van der Waals surface area contributed by atoms with Crippen molar-refractivity contribution in [2.45, 2.75) is 31.3 Å². The van der Waals surface area contributed by atoms with Crippen LogP contribution in [0.15, 0.2) is 34.9 Å². The van der Waals surface area contributed by atoms with Crippen molar-refractivity contribution in [1.82, 2.24) is 0 Å². The summed E-state index contributed by atoms with van der Waals surface area (Å²) in [5, 5.41) is 10.5. The molecule has 3 nitrogen and oxygen atoms in total. The summed E-state index contributed by atoms with van der Waals surface area (Å²) in [6.07, 6.45) is 2.67. The first-order chi connectivity index (χ1) is 9.14. The molecule has 0 unspecified atom stereocenters. The van der Waals surface area contributed by atoms with Gasteiger partial charge in [-0.1, -0.05) is 24.3 Å². The quantitative estimate of drug-likeness (QED) is 0.785. The van der Waals surface area contributed by atoms with Gasteiger partial charge in [0.1, 0.15) is 0 Å². The zero-order valence-electron chi connectivity index (χ0n) is 10.6. The fourth-order valence-electron chi connectivity index (χ4n) is 3.63. The molecule has 1 N–H and O–H groups in total. The Labute approximate surface area is 110 Å². The summed E-state index contributed by atoms with van der Waals surface area (Å²) in [5.74, 6) is 0.346. The van der Waals surface area contributed by atoms with Gasteiger partial charge < -0.3 is 9.52 Å². The molecule has 2 aromatic rings. The number of hydrogen-bond acceptors (Lipinski definition) is 3. The predicted molar refractivity (Wildman–Crippen MR) is 69.4 cm³/mol. The molecule has 1 aromatic carbocycles. The lowest BCUT2D eigenvalue weighted by Gasteiger charge is -2.42. The monoisotopic (exact) mass is 254 g/mol. The van der Waals surface area contributed by atoms with Crippen molar-refractivity contribution in [3.8, 4) is 0 Å². The summed E-state index contributed by atoms with van der Waals surface area (Å²) in [6, 6.07) is 7.53. The van der Waals surface area contributed by atoms with Crippen molar-refractivity contribution in [1.29, 1.82) is 0 Å². The molecule has 3 heteroatoms. The van der Waals surface area contributed by atoms with Crippen LogP contribution in [0.3, 0.4) is 0 Å². The van der Waals surface area contributed by atoms with E-state index in [2.05, 4.69) is 0 Å². The van der Waals surface area contributed by atoms with E-state index in [1.54, 1.807) is 6.26 Å². The molecule has 1 heterocycles. The summed E-state index contributed by atoms with van der Waals surface area (Å²) in [5.41, 5.74) is 3.00. The first-order valence-electron chi connectivity index (χ1n) is 6.57. The number of carbonyl (C=O) groups is 1. The SMILES string of the molecule is C[C@@]12c3ccccc3C(=O)c3occ(c31)CC[C@H]2O. The van der Waals surface area contributed by atoms with E-state index in [-0.39, 0.29) is 5.78 Å². The van der Waals surface area contributed by atoms with Crippen LogP contribution in [0.5, 0.6) is 0 Å². The van der Waals surface area contributed by atoms with Crippen LogP contribution in [0.2, 0.25) is 0 Å². The Morgan fingerprint density at radius 2 is 2.16 bits per heavy atom. The van der Waals surface area contributed by atoms with E-state index in [0.29, 0.717) is 17.7 Å². The van der Waals surface area contributed by atoms with E-state index in [1.807, 2.05) is 31.2 Å². The maximum Gasteiger partial charge on any atom is 0.228 e. The Bertz CT molecular complexity index is 698. The highest BCUT2D eigenvalue weighted by atomic mass is 16.3. The fourth-order valence-corrected chi connectivity index (χ4v) is 3.63. The van der Waals surface area contributed by atoms with Gasteiger partial charge in [0.25, 0.3) is 0 Å². The van der Waals surface area contributed by atoms with Crippen LogP contribution in [0.25, 0.3) is 0 Å². The second kappa shape index (κ2) is 3.36. The Morgan fingerprint density at radius 3 is 3.00 bits per heavy atom. The molecule has 96 valence electrons. The molecule has 4 rings (SSSR count). The number of fused-ring (bicyclic) bond motifs is 2. The molecule has 2 atom stereocenters. The number of benzene rings is 1. The van der Waals surface area contributed by atoms with Crippen LogP contribution in [0, 0.1) is 0 Å². The largest absolute Gasteiger partial charge is 0.460 e. The number of aliphatic hydroxyl groups excluding tert-OH is 1. The lowest BCUT2D eigenvalue weighted by Crippen LogP contribution is -2.45. The second-order valence-corrected chi connectivity index (χ2v) is 5.60. The minimum Gasteiger partial charge on any atom is -0.460 e. The van der Waals surface area contributed by atoms with Gasteiger partial charge >= 0.3 is 0 Å². The number of ketones is 1. The Morgan fingerprint density at radius 1 is 1.37 bits per heavy atom. The van der Waals surface area contributed by atoms with Gasteiger partial charge in [-0.2, -0.15) is 0 Å². The van der Waals surface area contributed by atoms with Gasteiger partial charge in [-0.15, -0.1) is 0 Å². The zero-order chi connectivity index (χ0) is 13.2. The van der Waals surface area contributed by atoms with E-state index in [0.717, 1.165) is 23.1 Å². The molecule has 0 spiro atoms. The summed E-state index contributed by atoms with van der Waals surface area (Å²) >= 11 is 0. The van der Waals surface area contributed by atoms with Gasteiger partial charge in [-0.3, -0.25) is 4.79 Å². The summed E-state index contributed by atoms with van der Waals surface area (Å²) < 4.78 is 5.51. The molecule has 0 aliphatic heterocycles. The normalized spacial score (nSPS) is 27.9. The third kappa shape index (κ3) is 1.14. The molecule has 2 aliphatic rings. The highest BCUT2D eigenvalue weighted by molar-refractivity contribution is 6.11. The van der Waals surface area contributed by atoms with Crippen LogP contribution < -0.4 is 0 Å². The smallest absolute Gasteiger partial charge is 0.228 e. The third-order valence-corrected chi connectivity index (χ3v) is 4.68. The maximum absolute atomic E-state index is 12.5. The van der Waals surface area contributed by atoms with Gasteiger partial charge in [0.05, 0.1) is 12.4 Å². The van der Waals surface area contributed by atoms with E-state index in [1.165, 1.54) is 0 Å². The Kier molecular flexibility index (Phi) is 1.95. The second-order valence-electron chi connectivity index (χ2n) is 5.60. The zero-order valence-corrected chi connectivity index (χ0v) is 10.6. The molecule has 19 heavy (non-hydrogen) atoms. The molecule has 0 bridgehead atoms. The molecular formula is C16H14O3. The summed E-state index contributed by atoms with van der Waals surface area (Å²) in [7, 11) is 0. The summed E-state index contributed by atoms with van der Waals surface area (Å²) in [4.78, 5) is 12.5. The van der Waals surface area contributed by atoms with Crippen LogP contribution in [0.4, 0.5) is 0 Å². The number of rotatable bonds is 0. The van der Waals surface area contributed by atoms with Gasteiger partial charge in [0.15, 0.2) is 5.76 Å².